The standard InChI is InChI=1S/C26H32N6OS/c1-3-22-17-24(32-15-13-31(4-2)14-16-32)30-26(29-22)34-19-20-8-10-21(11-9-20)25(33)28-18-23-7-5-6-12-27-23/h5-12,17H,3-4,13-16,18-19H2,1-2H3,(H,28,33). The minimum atomic E-state index is -0.100. The molecule has 4 rings (SSSR count). The highest BCUT2D eigenvalue weighted by molar-refractivity contribution is 7.98. The van der Waals surface area contributed by atoms with Crippen molar-refractivity contribution in [1.82, 2.24) is 25.2 Å². The summed E-state index contributed by atoms with van der Waals surface area (Å²) in [6, 6.07) is 15.5. The molecule has 178 valence electrons. The van der Waals surface area contributed by atoms with Crippen LogP contribution in [0.15, 0.2) is 59.9 Å². The minimum absolute atomic E-state index is 0.100. The molecule has 0 bridgehead atoms. The van der Waals surface area contributed by atoms with Gasteiger partial charge in [-0.25, -0.2) is 9.97 Å². The first-order chi connectivity index (χ1) is 16.6. The van der Waals surface area contributed by atoms with E-state index in [-0.39, 0.29) is 5.91 Å². The summed E-state index contributed by atoms with van der Waals surface area (Å²) >= 11 is 1.64. The van der Waals surface area contributed by atoms with Gasteiger partial charge < -0.3 is 15.1 Å². The van der Waals surface area contributed by atoms with Gasteiger partial charge in [-0.3, -0.25) is 9.78 Å². The van der Waals surface area contributed by atoms with E-state index < -0.39 is 0 Å². The van der Waals surface area contributed by atoms with Crippen LogP contribution >= 0.6 is 11.8 Å². The third-order valence-electron chi connectivity index (χ3n) is 5.99. The first-order valence-corrected chi connectivity index (χ1v) is 12.9. The Bertz CT molecular complexity index is 1070. The highest BCUT2D eigenvalue weighted by Crippen LogP contribution is 2.24. The molecule has 8 heteroatoms. The molecular formula is C26H32N6OS. The van der Waals surface area contributed by atoms with Crippen LogP contribution in [0.1, 0.15) is 41.2 Å². The normalized spacial score (nSPS) is 14.2. The molecule has 1 N–H and O–H groups in total. The van der Waals surface area contributed by atoms with E-state index in [2.05, 4.69) is 40.0 Å². The van der Waals surface area contributed by atoms with Gasteiger partial charge in [0, 0.05) is 55.5 Å². The van der Waals surface area contributed by atoms with Gasteiger partial charge in [-0.15, -0.1) is 0 Å². The number of piperazine rings is 1. The largest absolute Gasteiger partial charge is 0.354 e. The van der Waals surface area contributed by atoms with Crippen molar-refractivity contribution in [2.45, 2.75) is 37.7 Å². The summed E-state index contributed by atoms with van der Waals surface area (Å²) in [6.45, 7) is 10.0. The van der Waals surface area contributed by atoms with Gasteiger partial charge in [-0.2, -0.15) is 0 Å². The van der Waals surface area contributed by atoms with Crippen LogP contribution < -0.4 is 10.2 Å². The molecule has 0 aliphatic carbocycles. The molecular weight excluding hydrogens is 444 g/mol. The fraction of sp³-hybridized carbons (Fsp3) is 0.385. The fourth-order valence-corrected chi connectivity index (χ4v) is 4.66. The molecule has 0 saturated carbocycles. The first kappa shape index (κ1) is 24.2. The van der Waals surface area contributed by atoms with E-state index in [1.807, 2.05) is 42.5 Å². The van der Waals surface area contributed by atoms with E-state index in [1.165, 1.54) is 0 Å². The van der Waals surface area contributed by atoms with Crippen molar-refractivity contribution >= 4 is 23.5 Å². The number of aromatic nitrogens is 3. The molecule has 1 aliphatic rings. The van der Waals surface area contributed by atoms with E-state index >= 15 is 0 Å². The molecule has 7 nitrogen and oxygen atoms in total. The Labute approximate surface area is 206 Å². The number of benzene rings is 1. The second kappa shape index (κ2) is 11.9. The zero-order valence-electron chi connectivity index (χ0n) is 19.9. The Kier molecular flexibility index (Phi) is 8.49. The minimum Gasteiger partial charge on any atom is -0.354 e. The Morgan fingerprint density at radius 3 is 2.47 bits per heavy atom. The predicted molar refractivity (Wildman–Crippen MR) is 137 cm³/mol. The van der Waals surface area contributed by atoms with Gasteiger partial charge in [0.05, 0.1) is 12.2 Å². The SMILES string of the molecule is CCc1cc(N2CCN(CC)CC2)nc(SCc2ccc(C(=O)NCc3ccccn3)cc2)n1. The second-order valence-electron chi connectivity index (χ2n) is 8.26. The average Bonchev–Trinajstić information content (AvgIpc) is 2.91. The number of carbonyl (C=O) groups is 1. The molecule has 1 aliphatic heterocycles. The molecule has 34 heavy (non-hydrogen) atoms. The lowest BCUT2D eigenvalue weighted by atomic mass is 10.1. The number of likely N-dealkylation sites (N-methyl/N-ethyl adjacent to an activating group) is 1. The van der Waals surface area contributed by atoms with E-state index in [9.17, 15) is 4.79 Å². The lowest BCUT2D eigenvalue weighted by Gasteiger charge is -2.34. The highest BCUT2D eigenvalue weighted by atomic mass is 32.2. The molecule has 0 radical (unpaired) electrons. The number of nitrogens with zero attached hydrogens (tertiary/aromatic N) is 5. The van der Waals surface area contributed by atoms with E-state index in [1.54, 1.807) is 18.0 Å². The number of rotatable bonds is 9. The van der Waals surface area contributed by atoms with Crippen LogP contribution in [0.4, 0.5) is 5.82 Å². The maximum Gasteiger partial charge on any atom is 0.251 e. The van der Waals surface area contributed by atoms with Crippen molar-refractivity contribution in [3.8, 4) is 0 Å². The van der Waals surface area contributed by atoms with E-state index in [4.69, 9.17) is 9.97 Å². The van der Waals surface area contributed by atoms with Gasteiger partial charge in [0.25, 0.3) is 5.91 Å². The maximum absolute atomic E-state index is 12.4. The molecule has 0 atom stereocenters. The van der Waals surface area contributed by atoms with Gasteiger partial charge in [-0.05, 0) is 42.8 Å². The average molecular weight is 477 g/mol. The summed E-state index contributed by atoms with van der Waals surface area (Å²) in [5.74, 6) is 1.69. The molecule has 2 aromatic heterocycles. The molecule has 1 fully saturated rings. The number of amides is 1. The summed E-state index contributed by atoms with van der Waals surface area (Å²) in [4.78, 5) is 31.1. The summed E-state index contributed by atoms with van der Waals surface area (Å²) in [5.41, 5.74) is 3.69. The zero-order valence-corrected chi connectivity index (χ0v) is 20.7. The fourth-order valence-electron chi connectivity index (χ4n) is 3.84. The number of pyridine rings is 1. The van der Waals surface area contributed by atoms with Crippen molar-refractivity contribution in [3.05, 3.63) is 77.2 Å². The summed E-state index contributed by atoms with van der Waals surface area (Å²) in [7, 11) is 0. The van der Waals surface area contributed by atoms with Gasteiger partial charge in [0.1, 0.15) is 5.82 Å². The van der Waals surface area contributed by atoms with Crippen LogP contribution in [-0.4, -0.2) is 58.5 Å². The third kappa shape index (κ3) is 6.55. The summed E-state index contributed by atoms with van der Waals surface area (Å²) < 4.78 is 0. The van der Waals surface area contributed by atoms with Gasteiger partial charge in [0.15, 0.2) is 5.16 Å². The molecule has 1 aromatic carbocycles. The molecule has 1 amide bonds. The molecule has 0 spiro atoms. The van der Waals surface area contributed by atoms with Gasteiger partial charge >= 0.3 is 0 Å². The number of hydrogen-bond donors (Lipinski definition) is 1. The number of thioether (sulfide) groups is 1. The van der Waals surface area contributed by atoms with Crippen LogP contribution in [0.5, 0.6) is 0 Å². The Hall–Kier alpha value is -2.97. The van der Waals surface area contributed by atoms with Crippen molar-refractivity contribution in [3.63, 3.8) is 0 Å². The smallest absolute Gasteiger partial charge is 0.251 e. The predicted octanol–water partition coefficient (Wildman–Crippen LogP) is 3.80. The summed E-state index contributed by atoms with van der Waals surface area (Å²) in [6.07, 6.45) is 2.61. The van der Waals surface area contributed by atoms with Crippen molar-refractivity contribution < 1.29 is 4.79 Å². The number of carbonyl (C=O) groups excluding carboxylic acids is 1. The molecule has 3 heterocycles. The Morgan fingerprint density at radius 1 is 1.00 bits per heavy atom. The third-order valence-corrected chi connectivity index (χ3v) is 6.91. The van der Waals surface area contributed by atoms with Crippen molar-refractivity contribution in [2.24, 2.45) is 0 Å². The lowest BCUT2D eigenvalue weighted by molar-refractivity contribution is 0.0950. The van der Waals surface area contributed by atoms with Crippen LogP contribution in [0.25, 0.3) is 0 Å². The Balaban J connectivity index is 1.34. The number of aryl methyl sites for hydroxylation is 1. The Morgan fingerprint density at radius 2 is 1.79 bits per heavy atom. The van der Waals surface area contributed by atoms with E-state index in [0.29, 0.717) is 12.1 Å². The molecule has 0 unspecified atom stereocenters. The lowest BCUT2D eigenvalue weighted by Crippen LogP contribution is -2.46. The van der Waals surface area contributed by atoms with Crippen LogP contribution in [-0.2, 0) is 18.7 Å². The van der Waals surface area contributed by atoms with Crippen LogP contribution in [0.3, 0.4) is 0 Å². The molecule has 3 aromatic rings. The highest BCUT2D eigenvalue weighted by Gasteiger charge is 2.18. The van der Waals surface area contributed by atoms with E-state index in [0.717, 1.165) is 72.8 Å². The van der Waals surface area contributed by atoms with Crippen LogP contribution in [0.2, 0.25) is 0 Å². The second-order valence-corrected chi connectivity index (χ2v) is 9.21. The topological polar surface area (TPSA) is 74.2 Å². The summed E-state index contributed by atoms with van der Waals surface area (Å²) in [5, 5.41) is 3.72. The van der Waals surface area contributed by atoms with Crippen molar-refractivity contribution in [1.29, 1.82) is 0 Å². The quantitative estimate of drug-likeness (QED) is 0.372. The van der Waals surface area contributed by atoms with Crippen molar-refractivity contribution in [2.75, 3.05) is 37.6 Å². The molecule has 1 saturated heterocycles. The maximum atomic E-state index is 12.4. The van der Waals surface area contributed by atoms with Crippen LogP contribution in [0, 0.1) is 0 Å². The van der Waals surface area contributed by atoms with Gasteiger partial charge in [0.2, 0.25) is 0 Å². The number of anilines is 1. The number of hydrogen-bond acceptors (Lipinski definition) is 7. The van der Waals surface area contributed by atoms with Gasteiger partial charge in [-0.1, -0.05) is 43.8 Å². The monoisotopic (exact) mass is 476 g/mol. The first-order valence-electron chi connectivity index (χ1n) is 11.9. The zero-order chi connectivity index (χ0) is 23.8. The number of nitrogens with one attached hydrogen (secondary N) is 1.